The van der Waals surface area contributed by atoms with Gasteiger partial charge in [0.05, 0.1) is 24.0 Å². The van der Waals surface area contributed by atoms with E-state index in [-0.39, 0.29) is 5.41 Å². The summed E-state index contributed by atoms with van der Waals surface area (Å²) in [6, 6.07) is 14.8. The molecule has 2 aromatic carbocycles. The van der Waals surface area contributed by atoms with Crippen LogP contribution in [0.4, 0.5) is 5.69 Å². The van der Waals surface area contributed by atoms with Gasteiger partial charge in [-0.1, -0.05) is 45.0 Å². The van der Waals surface area contributed by atoms with Gasteiger partial charge in [-0.3, -0.25) is 0 Å². The van der Waals surface area contributed by atoms with E-state index in [1.54, 1.807) is 7.11 Å². The fourth-order valence-corrected chi connectivity index (χ4v) is 3.25. The van der Waals surface area contributed by atoms with Crippen molar-refractivity contribution in [1.82, 2.24) is 4.57 Å². The third kappa shape index (κ3) is 2.64. The van der Waals surface area contributed by atoms with E-state index in [1.807, 2.05) is 12.1 Å². The lowest BCUT2D eigenvalue weighted by Gasteiger charge is -2.19. The Morgan fingerprint density at radius 2 is 1.71 bits per heavy atom. The molecule has 0 aliphatic heterocycles. The molecular weight excluding hydrogens is 296 g/mol. The Hall–Kier alpha value is -2.42. The Balaban J connectivity index is 2.20. The lowest BCUT2D eigenvalue weighted by molar-refractivity contribution is 0.415. The van der Waals surface area contributed by atoms with Crippen LogP contribution in [0.15, 0.2) is 42.5 Å². The Morgan fingerprint density at radius 3 is 2.25 bits per heavy atom. The van der Waals surface area contributed by atoms with Crippen molar-refractivity contribution in [2.45, 2.75) is 39.7 Å². The smallest absolute Gasteiger partial charge is 0.120 e. The third-order valence-corrected chi connectivity index (χ3v) is 4.65. The van der Waals surface area contributed by atoms with Crippen molar-refractivity contribution in [3.05, 3.63) is 48.0 Å². The van der Waals surface area contributed by atoms with Crippen LogP contribution in [0.3, 0.4) is 0 Å². The average molecular weight is 322 g/mol. The lowest BCUT2D eigenvalue weighted by Crippen LogP contribution is -2.10. The molecule has 24 heavy (non-hydrogen) atoms. The molecule has 126 valence electrons. The highest BCUT2D eigenvalue weighted by molar-refractivity contribution is 6.01. The molecule has 1 aromatic heterocycles. The van der Waals surface area contributed by atoms with Crippen LogP contribution in [-0.2, 0) is 12.0 Å². The zero-order chi connectivity index (χ0) is 17.5. The van der Waals surface area contributed by atoms with E-state index in [2.05, 4.69) is 62.6 Å². The highest BCUT2D eigenvalue weighted by Crippen LogP contribution is 2.38. The molecule has 0 aliphatic rings. The minimum Gasteiger partial charge on any atom is -0.497 e. The van der Waals surface area contributed by atoms with Gasteiger partial charge >= 0.3 is 0 Å². The zero-order valence-electron chi connectivity index (χ0n) is 15.2. The third-order valence-electron chi connectivity index (χ3n) is 4.65. The molecule has 0 fully saturated rings. The second kappa shape index (κ2) is 5.90. The first-order valence-electron chi connectivity index (χ1n) is 8.43. The SMILES string of the molecule is CCn1c(-c2ccc(C(C)(C)C)cc2)c(N)c2ccc(OC)cc21. The van der Waals surface area contributed by atoms with Gasteiger partial charge in [-0.05, 0) is 30.0 Å². The molecule has 1 heterocycles. The first-order valence-corrected chi connectivity index (χ1v) is 8.43. The van der Waals surface area contributed by atoms with Crippen LogP contribution >= 0.6 is 0 Å². The van der Waals surface area contributed by atoms with Crippen LogP contribution in [0.5, 0.6) is 5.75 Å². The standard InChI is InChI=1S/C21H26N2O/c1-6-23-18-13-16(24-5)11-12-17(18)19(22)20(23)14-7-9-15(10-8-14)21(2,3)4/h7-13H,6,22H2,1-5H3. The van der Waals surface area contributed by atoms with Gasteiger partial charge in [-0.15, -0.1) is 0 Å². The fourth-order valence-electron chi connectivity index (χ4n) is 3.25. The lowest BCUT2D eigenvalue weighted by atomic mass is 9.86. The molecule has 0 amide bonds. The molecule has 0 atom stereocenters. The van der Waals surface area contributed by atoms with Gasteiger partial charge in [0.2, 0.25) is 0 Å². The second-order valence-electron chi connectivity index (χ2n) is 7.22. The number of methoxy groups -OCH3 is 1. The van der Waals surface area contributed by atoms with Crippen LogP contribution in [-0.4, -0.2) is 11.7 Å². The van der Waals surface area contributed by atoms with Crippen molar-refractivity contribution in [2.75, 3.05) is 12.8 Å². The Kier molecular flexibility index (Phi) is 4.04. The van der Waals surface area contributed by atoms with E-state index in [4.69, 9.17) is 10.5 Å². The molecule has 3 nitrogen and oxygen atoms in total. The molecule has 3 aromatic rings. The van der Waals surface area contributed by atoms with E-state index in [0.29, 0.717) is 0 Å². The van der Waals surface area contributed by atoms with Crippen LogP contribution in [0, 0.1) is 0 Å². The van der Waals surface area contributed by atoms with Gasteiger partial charge in [-0.2, -0.15) is 0 Å². The average Bonchev–Trinajstić information content (AvgIpc) is 2.85. The summed E-state index contributed by atoms with van der Waals surface area (Å²) in [4.78, 5) is 0. The monoisotopic (exact) mass is 322 g/mol. The molecular formula is C21H26N2O. The number of nitrogen functional groups attached to an aromatic ring is 1. The number of nitrogens with zero attached hydrogens (tertiary/aromatic N) is 1. The van der Waals surface area contributed by atoms with Gasteiger partial charge in [-0.25, -0.2) is 0 Å². The maximum atomic E-state index is 6.50. The van der Waals surface area contributed by atoms with Gasteiger partial charge < -0.3 is 15.0 Å². The van der Waals surface area contributed by atoms with Crippen molar-refractivity contribution in [1.29, 1.82) is 0 Å². The van der Waals surface area contributed by atoms with Crippen molar-refractivity contribution in [2.24, 2.45) is 0 Å². The van der Waals surface area contributed by atoms with Crippen LogP contribution < -0.4 is 10.5 Å². The normalized spacial score (nSPS) is 11.9. The number of benzene rings is 2. The first kappa shape index (κ1) is 16.4. The largest absolute Gasteiger partial charge is 0.497 e. The molecule has 3 heteroatoms. The molecule has 0 spiro atoms. The topological polar surface area (TPSA) is 40.2 Å². The molecule has 0 bridgehead atoms. The number of aromatic nitrogens is 1. The molecule has 2 N–H and O–H groups in total. The maximum absolute atomic E-state index is 6.50. The highest BCUT2D eigenvalue weighted by atomic mass is 16.5. The predicted octanol–water partition coefficient (Wildman–Crippen LogP) is 5.22. The van der Waals surface area contributed by atoms with E-state index in [1.165, 1.54) is 5.56 Å². The summed E-state index contributed by atoms with van der Waals surface area (Å²) in [6.45, 7) is 9.69. The van der Waals surface area contributed by atoms with E-state index in [9.17, 15) is 0 Å². The number of ether oxygens (including phenoxy) is 1. The summed E-state index contributed by atoms with van der Waals surface area (Å²) in [7, 11) is 1.69. The molecule has 0 saturated heterocycles. The summed E-state index contributed by atoms with van der Waals surface area (Å²) in [6.07, 6.45) is 0. The van der Waals surface area contributed by atoms with Crippen LogP contribution in [0.1, 0.15) is 33.3 Å². The van der Waals surface area contributed by atoms with Crippen molar-refractivity contribution < 1.29 is 4.74 Å². The van der Waals surface area contributed by atoms with Crippen LogP contribution in [0.2, 0.25) is 0 Å². The minimum absolute atomic E-state index is 0.148. The van der Waals surface area contributed by atoms with E-state index >= 15 is 0 Å². The fraction of sp³-hybridized carbons (Fsp3) is 0.333. The second-order valence-corrected chi connectivity index (χ2v) is 7.22. The Labute approximate surface area is 144 Å². The summed E-state index contributed by atoms with van der Waals surface area (Å²) in [5.74, 6) is 0.851. The van der Waals surface area contributed by atoms with Crippen LogP contribution in [0.25, 0.3) is 22.2 Å². The highest BCUT2D eigenvalue weighted by Gasteiger charge is 2.18. The Bertz CT molecular complexity index is 867. The minimum atomic E-state index is 0.148. The number of anilines is 1. The number of hydrogen-bond acceptors (Lipinski definition) is 2. The van der Waals surface area contributed by atoms with Gasteiger partial charge in [0.15, 0.2) is 0 Å². The van der Waals surface area contributed by atoms with Crippen molar-refractivity contribution >= 4 is 16.6 Å². The number of hydrogen-bond donors (Lipinski definition) is 1. The molecule has 0 radical (unpaired) electrons. The molecule has 0 saturated carbocycles. The molecule has 0 unspecified atom stereocenters. The summed E-state index contributed by atoms with van der Waals surface area (Å²) in [5, 5.41) is 1.08. The molecule has 0 aliphatic carbocycles. The number of rotatable bonds is 3. The quantitative estimate of drug-likeness (QED) is 0.718. The van der Waals surface area contributed by atoms with Gasteiger partial charge in [0.25, 0.3) is 0 Å². The number of aryl methyl sites for hydroxylation is 1. The van der Waals surface area contributed by atoms with Crippen molar-refractivity contribution in [3.8, 4) is 17.0 Å². The van der Waals surface area contributed by atoms with E-state index in [0.717, 1.165) is 40.1 Å². The van der Waals surface area contributed by atoms with Gasteiger partial charge in [0.1, 0.15) is 5.75 Å². The van der Waals surface area contributed by atoms with Gasteiger partial charge in [0, 0.05) is 23.6 Å². The zero-order valence-corrected chi connectivity index (χ0v) is 15.2. The summed E-state index contributed by atoms with van der Waals surface area (Å²) < 4.78 is 7.64. The first-order chi connectivity index (χ1) is 11.4. The van der Waals surface area contributed by atoms with E-state index < -0.39 is 0 Å². The maximum Gasteiger partial charge on any atom is 0.120 e. The number of fused-ring (bicyclic) bond motifs is 1. The summed E-state index contributed by atoms with van der Waals surface area (Å²) in [5.41, 5.74) is 12.2. The predicted molar refractivity (Wildman–Crippen MR) is 103 cm³/mol. The molecule has 3 rings (SSSR count). The number of nitrogens with two attached hydrogens (primary N) is 1. The van der Waals surface area contributed by atoms with Crippen molar-refractivity contribution in [3.63, 3.8) is 0 Å². The Morgan fingerprint density at radius 1 is 1.04 bits per heavy atom. The summed E-state index contributed by atoms with van der Waals surface area (Å²) >= 11 is 0.